The van der Waals surface area contributed by atoms with Gasteiger partial charge in [0.2, 0.25) is 0 Å². The first-order valence-electron chi connectivity index (χ1n) is 9.84. The summed E-state index contributed by atoms with van der Waals surface area (Å²) in [6, 6.07) is 5.74. The molecule has 154 valence electrons. The van der Waals surface area contributed by atoms with Crippen molar-refractivity contribution in [3.63, 3.8) is 0 Å². The lowest BCUT2D eigenvalue weighted by Crippen LogP contribution is -2.39. The van der Waals surface area contributed by atoms with Crippen molar-refractivity contribution in [1.29, 1.82) is 0 Å². The Morgan fingerprint density at radius 3 is 2.39 bits per heavy atom. The number of β-amino-alcohol motifs (C(OH)–C–C–N with tert-alkyl or cyclic N) is 1. The van der Waals surface area contributed by atoms with Crippen molar-refractivity contribution in [2.75, 3.05) is 19.6 Å². The van der Waals surface area contributed by atoms with E-state index in [2.05, 4.69) is 30.7 Å². The van der Waals surface area contributed by atoms with Crippen molar-refractivity contribution in [2.24, 2.45) is 11.3 Å². The number of likely N-dealkylation sites (tertiary alicyclic amines) is 1. The van der Waals surface area contributed by atoms with Crippen LogP contribution < -0.4 is 0 Å². The molecule has 1 aromatic carbocycles. The van der Waals surface area contributed by atoms with Crippen LogP contribution in [0.5, 0.6) is 0 Å². The first-order valence-corrected chi connectivity index (χ1v) is 9.84. The highest BCUT2D eigenvalue weighted by atomic mass is 19.4. The number of aliphatic hydroxyl groups is 1. The lowest BCUT2D eigenvalue weighted by molar-refractivity contribution is -0.136. The fourth-order valence-electron chi connectivity index (χ4n) is 4.24. The van der Waals surface area contributed by atoms with Gasteiger partial charge in [-0.25, -0.2) is 0 Å². The van der Waals surface area contributed by atoms with Crippen LogP contribution in [0.15, 0.2) is 24.3 Å². The Labute approximate surface area is 164 Å². The van der Waals surface area contributed by atoms with Gasteiger partial charge in [-0.15, -0.1) is 0 Å². The molecule has 0 spiro atoms. The number of hydrogen-bond acceptors (Lipinski definition) is 3. The summed E-state index contributed by atoms with van der Waals surface area (Å²) in [5.41, 5.74) is 0.428. The molecule has 1 aromatic heterocycles. The van der Waals surface area contributed by atoms with Crippen molar-refractivity contribution in [3.05, 3.63) is 41.1 Å². The number of halogens is 3. The molecule has 0 bridgehead atoms. The Bertz CT molecular complexity index is 834. The van der Waals surface area contributed by atoms with Crippen molar-refractivity contribution < 1.29 is 18.3 Å². The maximum atomic E-state index is 13.4. The lowest BCUT2D eigenvalue weighted by atomic mass is 9.75. The average molecular weight is 394 g/mol. The number of aryl methyl sites for hydroxylation is 1. The fourth-order valence-corrected chi connectivity index (χ4v) is 4.24. The minimum absolute atomic E-state index is 0.0875. The maximum absolute atomic E-state index is 13.4. The van der Waals surface area contributed by atoms with E-state index in [-0.39, 0.29) is 10.9 Å². The van der Waals surface area contributed by atoms with Crippen LogP contribution in [0, 0.1) is 18.3 Å². The topological polar surface area (TPSA) is 36.4 Å². The number of rotatable bonds is 3. The molecule has 0 radical (unpaired) electrons. The van der Waals surface area contributed by atoms with Gasteiger partial charge in [-0.2, -0.15) is 13.2 Å². The molecule has 1 atom stereocenters. The molecule has 1 fully saturated rings. The number of pyridine rings is 1. The standard InChI is InChI=1S/C22H29F3N2O/c1-14-12-17(16-6-5-7-18(20(16)26-14)22(23,24)25)19(28)13-27-10-8-15(9-11-27)21(2,3)4/h5-7,12,15,19,28H,8-11,13H2,1-4H3. The predicted molar refractivity (Wildman–Crippen MR) is 105 cm³/mol. The Balaban J connectivity index is 1.84. The summed E-state index contributed by atoms with van der Waals surface area (Å²) in [5.74, 6) is 0.652. The Morgan fingerprint density at radius 2 is 1.82 bits per heavy atom. The smallest absolute Gasteiger partial charge is 0.387 e. The molecule has 1 unspecified atom stereocenters. The summed E-state index contributed by atoms with van der Waals surface area (Å²) in [5, 5.41) is 11.2. The summed E-state index contributed by atoms with van der Waals surface area (Å²) in [7, 11) is 0. The molecular weight excluding hydrogens is 365 g/mol. The van der Waals surface area contributed by atoms with E-state index in [9.17, 15) is 18.3 Å². The van der Waals surface area contributed by atoms with E-state index in [0.717, 1.165) is 32.0 Å². The highest BCUT2D eigenvalue weighted by Gasteiger charge is 2.34. The SMILES string of the molecule is Cc1cc(C(O)CN2CCC(C(C)(C)C)CC2)c2cccc(C(F)(F)F)c2n1. The number of fused-ring (bicyclic) bond motifs is 1. The van der Waals surface area contributed by atoms with Gasteiger partial charge in [0.1, 0.15) is 0 Å². The van der Waals surface area contributed by atoms with Gasteiger partial charge in [-0.1, -0.05) is 32.9 Å². The van der Waals surface area contributed by atoms with E-state index in [1.165, 1.54) is 6.07 Å². The second-order valence-electron chi connectivity index (χ2n) is 9.01. The van der Waals surface area contributed by atoms with Crippen molar-refractivity contribution in [1.82, 2.24) is 9.88 Å². The molecular formula is C22H29F3N2O. The normalized spacial score (nSPS) is 18.6. The molecule has 0 aliphatic carbocycles. The molecule has 6 heteroatoms. The van der Waals surface area contributed by atoms with Crippen LogP contribution in [0.25, 0.3) is 10.9 Å². The molecule has 1 aliphatic rings. The van der Waals surface area contributed by atoms with Crippen LogP contribution in [0.4, 0.5) is 13.2 Å². The minimum Gasteiger partial charge on any atom is -0.387 e. The largest absolute Gasteiger partial charge is 0.418 e. The number of piperidine rings is 1. The number of hydrogen-bond donors (Lipinski definition) is 1. The van der Waals surface area contributed by atoms with Gasteiger partial charge in [0.05, 0.1) is 17.2 Å². The van der Waals surface area contributed by atoms with Crippen molar-refractivity contribution in [2.45, 2.75) is 52.8 Å². The first kappa shape index (κ1) is 21.1. The van der Waals surface area contributed by atoms with E-state index in [0.29, 0.717) is 29.1 Å². The maximum Gasteiger partial charge on any atom is 0.418 e. The number of nitrogens with zero attached hydrogens (tertiary/aromatic N) is 2. The molecule has 2 heterocycles. The molecule has 1 N–H and O–H groups in total. The van der Waals surface area contributed by atoms with E-state index in [1.807, 2.05) is 0 Å². The van der Waals surface area contributed by atoms with E-state index >= 15 is 0 Å². The Morgan fingerprint density at radius 1 is 1.18 bits per heavy atom. The van der Waals surface area contributed by atoms with Crippen LogP contribution in [-0.4, -0.2) is 34.6 Å². The highest BCUT2D eigenvalue weighted by molar-refractivity contribution is 5.86. The average Bonchev–Trinajstić information content (AvgIpc) is 2.59. The van der Waals surface area contributed by atoms with Gasteiger partial charge in [0.15, 0.2) is 0 Å². The molecule has 28 heavy (non-hydrogen) atoms. The second-order valence-corrected chi connectivity index (χ2v) is 9.01. The second kappa shape index (κ2) is 7.64. The summed E-state index contributed by atoms with van der Waals surface area (Å²) in [4.78, 5) is 6.33. The zero-order chi connectivity index (χ0) is 20.7. The molecule has 3 rings (SSSR count). The minimum atomic E-state index is -4.47. The van der Waals surface area contributed by atoms with Gasteiger partial charge < -0.3 is 10.0 Å². The number of benzene rings is 1. The molecule has 0 saturated carbocycles. The molecule has 0 amide bonds. The predicted octanol–water partition coefficient (Wildman–Crippen LogP) is 5.35. The number of aromatic nitrogens is 1. The highest BCUT2D eigenvalue weighted by Crippen LogP contribution is 2.37. The van der Waals surface area contributed by atoms with Crippen LogP contribution in [0.3, 0.4) is 0 Å². The summed E-state index contributed by atoms with van der Waals surface area (Å²) >= 11 is 0. The zero-order valence-electron chi connectivity index (χ0n) is 17.0. The van der Waals surface area contributed by atoms with Crippen molar-refractivity contribution >= 4 is 10.9 Å². The fraction of sp³-hybridized carbons (Fsp3) is 0.591. The third-order valence-corrected chi connectivity index (χ3v) is 5.91. The van der Waals surface area contributed by atoms with Crippen molar-refractivity contribution in [3.8, 4) is 0 Å². The number of para-hydroxylation sites is 1. The molecule has 1 saturated heterocycles. The van der Waals surface area contributed by atoms with Gasteiger partial charge in [-0.05, 0) is 61.9 Å². The van der Waals surface area contributed by atoms with Crippen LogP contribution >= 0.6 is 0 Å². The molecule has 2 aromatic rings. The molecule has 3 nitrogen and oxygen atoms in total. The van der Waals surface area contributed by atoms with Crippen LogP contribution in [-0.2, 0) is 6.18 Å². The van der Waals surface area contributed by atoms with Gasteiger partial charge in [0.25, 0.3) is 0 Å². The van der Waals surface area contributed by atoms with Gasteiger partial charge in [-0.3, -0.25) is 4.98 Å². The molecule has 1 aliphatic heterocycles. The first-order chi connectivity index (χ1) is 13.0. The Kier molecular flexibility index (Phi) is 5.74. The monoisotopic (exact) mass is 394 g/mol. The zero-order valence-corrected chi connectivity index (χ0v) is 17.0. The van der Waals surface area contributed by atoms with E-state index in [4.69, 9.17) is 0 Å². The van der Waals surface area contributed by atoms with E-state index in [1.54, 1.807) is 19.1 Å². The van der Waals surface area contributed by atoms with Gasteiger partial charge >= 0.3 is 6.18 Å². The van der Waals surface area contributed by atoms with Crippen LogP contribution in [0.2, 0.25) is 0 Å². The lowest BCUT2D eigenvalue weighted by Gasteiger charge is -2.39. The summed E-state index contributed by atoms with van der Waals surface area (Å²) in [6.07, 6.45) is -3.18. The third-order valence-electron chi connectivity index (χ3n) is 5.91. The quantitative estimate of drug-likeness (QED) is 0.762. The third kappa shape index (κ3) is 4.49. The number of alkyl halides is 3. The van der Waals surface area contributed by atoms with Crippen LogP contribution in [0.1, 0.15) is 56.5 Å². The Hall–Kier alpha value is -1.66. The summed E-state index contributed by atoms with van der Waals surface area (Å²) < 4.78 is 40.1. The summed E-state index contributed by atoms with van der Waals surface area (Å²) in [6.45, 7) is 10.7. The number of aliphatic hydroxyl groups excluding tert-OH is 1. The van der Waals surface area contributed by atoms with E-state index < -0.39 is 17.8 Å². The van der Waals surface area contributed by atoms with Gasteiger partial charge in [0, 0.05) is 17.6 Å².